The Kier molecular flexibility index (Phi) is 5.55. The Labute approximate surface area is 151 Å². The van der Waals surface area contributed by atoms with Crippen LogP contribution in [-0.4, -0.2) is 35.8 Å². The number of fused-ring (bicyclic) bond motifs is 1. The zero-order valence-corrected chi connectivity index (χ0v) is 14.7. The number of aryl methyl sites for hydroxylation is 1. The molecule has 1 aromatic heterocycles. The van der Waals surface area contributed by atoms with Crippen LogP contribution in [0.4, 0.5) is 0 Å². The average molecular weight is 358 g/mol. The minimum atomic E-state index is -0.974. The standard InChI is InChI=1S/C19H22N2O5/c1-25-15-8-4-2-6-12(15)10-13(19(23)24)11-20-18(22)17-14-7-3-5-9-16(14)26-21-17/h2,4,6,8,13H,3,5,7,9-11H2,1H3,(H,20,22)(H,23,24). The third kappa shape index (κ3) is 3.87. The Bertz CT molecular complexity index is 799. The maximum absolute atomic E-state index is 12.4. The van der Waals surface area contributed by atoms with Gasteiger partial charge in [-0.05, 0) is 37.3 Å². The van der Waals surface area contributed by atoms with Gasteiger partial charge in [-0.15, -0.1) is 0 Å². The number of nitrogens with zero attached hydrogens (tertiary/aromatic N) is 1. The molecule has 3 rings (SSSR count). The third-order valence-electron chi connectivity index (χ3n) is 4.68. The van der Waals surface area contributed by atoms with Crippen molar-refractivity contribution >= 4 is 11.9 Å². The van der Waals surface area contributed by atoms with Crippen molar-refractivity contribution < 1.29 is 24.0 Å². The minimum absolute atomic E-state index is 0.00779. The molecule has 1 aromatic carbocycles. The summed E-state index contributed by atoms with van der Waals surface area (Å²) in [5.74, 6) is -0.722. The highest BCUT2D eigenvalue weighted by Gasteiger charge is 2.26. The van der Waals surface area contributed by atoms with Gasteiger partial charge in [0.05, 0.1) is 13.0 Å². The maximum Gasteiger partial charge on any atom is 0.308 e. The summed E-state index contributed by atoms with van der Waals surface area (Å²) in [5, 5.41) is 16.1. The van der Waals surface area contributed by atoms with Crippen LogP contribution in [0.5, 0.6) is 5.75 Å². The number of aliphatic carboxylic acids is 1. The van der Waals surface area contributed by atoms with E-state index in [1.54, 1.807) is 13.2 Å². The van der Waals surface area contributed by atoms with Gasteiger partial charge in [-0.1, -0.05) is 23.4 Å². The molecule has 7 nitrogen and oxygen atoms in total. The first-order chi connectivity index (χ1) is 12.6. The SMILES string of the molecule is COc1ccccc1CC(CNC(=O)c1noc2c1CCCC2)C(=O)O. The van der Waals surface area contributed by atoms with Crippen LogP contribution in [-0.2, 0) is 24.1 Å². The normalized spacial score (nSPS) is 14.3. The Morgan fingerprint density at radius 1 is 1.31 bits per heavy atom. The maximum atomic E-state index is 12.4. The number of para-hydroxylation sites is 1. The molecule has 2 aromatic rings. The van der Waals surface area contributed by atoms with Crippen LogP contribution in [0.1, 0.15) is 40.2 Å². The van der Waals surface area contributed by atoms with Crippen LogP contribution < -0.4 is 10.1 Å². The molecule has 1 atom stereocenters. The fraction of sp³-hybridized carbons (Fsp3) is 0.421. The van der Waals surface area contributed by atoms with Crippen molar-refractivity contribution in [2.75, 3.05) is 13.7 Å². The lowest BCUT2D eigenvalue weighted by molar-refractivity contribution is -0.141. The average Bonchev–Trinajstić information content (AvgIpc) is 3.09. The first-order valence-corrected chi connectivity index (χ1v) is 8.70. The molecule has 2 N–H and O–H groups in total. The quantitative estimate of drug-likeness (QED) is 0.787. The highest BCUT2D eigenvalue weighted by Crippen LogP contribution is 2.24. The van der Waals surface area contributed by atoms with Crippen LogP contribution in [0, 0.1) is 5.92 Å². The molecule has 1 amide bonds. The van der Waals surface area contributed by atoms with Crippen molar-refractivity contribution in [2.45, 2.75) is 32.1 Å². The number of carboxylic acid groups (broad SMARTS) is 1. The molecule has 0 spiro atoms. The summed E-state index contributed by atoms with van der Waals surface area (Å²) in [6.45, 7) is 0.00779. The lowest BCUT2D eigenvalue weighted by Gasteiger charge is -2.15. The summed E-state index contributed by atoms with van der Waals surface area (Å²) in [4.78, 5) is 24.0. The fourth-order valence-corrected chi connectivity index (χ4v) is 3.25. The molecule has 7 heteroatoms. The van der Waals surface area contributed by atoms with E-state index in [4.69, 9.17) is 9.26 Å². The van der Waals surface area contributed by atoms with E-state index in [2.05, 4.69) is 10.5 Å². The summed E-state index contributed by atoms with van der Waals surface area (Å²) in [6, 6.07) is 7.27. The summed E-state index contributed by atoms with van der Waals surface area (Å²) < 4.78 is 10.5. The van der Waals surface area contributed by atoms with Gasteiger partial charge in [0, 0.05) is 18.5 Å². The summed E-state index contributed by atoms with van der Waals surface area (Å²) >= 11 is 0. The highest BCUT2D eigenvalue weighted by atomic mass is 16.5. The molecule has 0 bridgehead atoms. The molecule has 0 radical (unpaired) electrons. The fourth-order valence-electron chi connectivity index (χ4n) is 3.25. The lowest BCUT2D eigenvalue weighted by atomic mass is 9.96. The molecule has 1 aliphatic carbocycles. The Morgan fingerprint density at radius 2 is 2.08 bits per heavy atom. The van der Waals surface area contributed by atoms with Crippen molar-refractivity contribution in [3.63, 3.8) is 0 Å². The van der Waals surface area contributed by atoms with Gasteiger partial charge in [-0.3, -0.25) is 9.59 Å². The number of benzene rings is 1. The van der Waals surface area contributed by atoms with E-state index in [-0.39, 0.29) is 24.6 Å². The van der Waals surface area contributed by atoms with Crippen LogP contribution in [0.15, 0.2) is 28.8 Å². The summed E-state index contributed by atoms with van der Waals surface area (Å²) in [7, 11) is 1.55. The summed E-state index contributed by atoms with van der Waals surface area (Å²) in [6.07, 6.45) is 3.85. The van der Waals surface area contributed by atoms with Crippen molar-refractivity contribution in [1.29, 1.82) is 0 Å². The van der Waals surface area contributed by atoms with E-state index in [1.807, 2.05) is 18.2 Å². The first kappa shape index (κ1) is 18.0. The predicted molar refractivity (Wildman–Crippen MR) is 93.3 cm³/mol. The highest BCUT2D eigenvalue weighted by molar-refractivity contribution is 5.94. The second kappa shape index (κ2) is 8.03. The van der Waals surface area contributed by atoms with Gasteiger partial charge >= 0.3 is 5.97 Å². The zero-order chi connectivity index (χ0) is 18.5. The number of methoxy groups -OCH3 is 1. The molecule has 1 heterocycles. The summed E-state index contributed by atoms with van der Waals surface area (Å²) in [5.41, 5.74) is 1.92. The minimum Gasteiger partial charge on any atom is -0.496 e. The number of carbonyl (C=O) groups excluding carboxylic acids is 1. The van der Waals surface area contributed by atoms with Gasteiger partial charge in [0.2, 0.25) is 0 Å². The van der Waals surface area contributed by atoms with Gasteiger partial charge in [0.1, 0.15) is 11.5 Å². The first-order valence-electron chi connectivity index (χ1n) is 8.70. The van der Waals surface area contributed by atoms with E-state index in [0.717, 1.165) is 42.6 Å². The predicted octanol–water partition coefficient (Wildman–Crippen LogP) is 2.24. The smallest absolute Gasteiger partial charge is 0.308 e. The molecule has 0 aliphatic heterocycles. The van der Waals surface area contributed by atoms with Gasteiger partial charge in [0.15, 0.2) is 5.69 Å². The Morgan fingerprint density at radius 3 is 2.85 bits per heavy atom. The van der Waals surface area contributed by atoms with E-state index < -0.39 is 11.9 Å². The van der Waals surface area contributed by atoms with Crippen LogP contribution in [0.3, 0.4) is 0 Å². The van der Waals surface area contributed by atoms with Gasteiger partial charge < -0.3 is 19.7 Å². The van der Waals surface area contributed by atoms with Crippen molar-refractivity contribution in [2.24, 2.45) is 5.92 Å². The second-order valence-corrected chi connectivity index (χ2v) is 6.40. The zero-order valence-electron chi connectivity index (χ0n) is 14.7. The Balaban J connectivity index is 1.66. The molecular weight excluding hydrogens is 336 g/mol. The molecule has 1 unspecified atom stereocenters. The number of hydrogen-bond donors (Lipinski definition) is 2. The van der Waals surface area contributed by atoms with E-state index in [1.165, 1.54) is 0 Å². The number of rotatable bonds is 7. The molecular formula is C19H22N2O5. The number of nitrogens with one attached hydrogen (secondary N) is 1. The van der Waals surface area contributed by atoms with Crippen molar-refractivity contribution in [3.8, 4) is 5.75 Å². The lowest BCUT2D eigenvalue weighted by Crippen LogP contribution is -2.34. The number of aromatic nitrogens is 1. The van der Waals surface area contributed by atoms with Crippen LogP contribution in [0.25, 0.3) is 0 Å². The number of carboxylic acids is 1. The van der Waals surface area contributed by atoms with Crippen molar-refractivity contribution in [1.82, 2.24) is 10.5 Å². The van der Waals surface area contributed by atoms with Crippen LogP contribution in [0.2, 0.25) is 0 Å². The number of ether oxygens (including phenoxy) is 1. The van der Waals surface area contributed by atoms with Gasteiger partial charge in [-0.2, -0.15) is 0 Å². The van der Waals surface area contributed by atoms with Gasteiger partial charge in [0.25, 0.3) is 5.91 Å². The molecule has 26 heavy (non-hydrogen) atoms. The van der Waals surface area contributed by atoms with E-state index >= 15 is 0 Å². The second-order valence-electron chi connectivity index (χ2n) is 6.40. The molecule has 1 aliphatic rings. The molecule has 0 fully saturated rings. The van der Waals surface area contributed by atoms with Crippen molar-refractivity contribution in [3.05, 3.63) is 46.8 Å². The van der Waals surface area contributed by atoms with Crippen LogP contribution >= 0.6 is 0 Å². The molecule has 138 valence electrons. The topological polar surface area (TPSA) is 102 Å². The van der Waals surface area contributed by atoms with E-state index in [9.17, 15) is 14.7 Å². The van der Waals surface area contributed by atoms with Gasteiger partial charge in [-0.25, -0.2) is 0 Å². The molecule has 0 saturated carbocycles. The third-order valence-corrected chi connectivity index (χ3v) is 4.68. The number of hydrogen-bond acceptors (Lipinski definition) is 5. The monoisotopic (exact) mass is 358 g/mol. The molecule has 0 saturated heterocycles. The number of carbonyl (C=O) groups is 2. The Hall–Kier alpha value is -2.83. The number of amides is 1. The largest absolute Gasteiger partial charge is 0.496 e. The van der Waals surface area contributed by atoms with E-state index in [0.29, 0.717) is 5.75 Å².